The minimum Gasteiger partial charge on any atom is -0.456 e. The van der Waals surface area contributed by atoms with Gasteiger partial charge in [0, 0.05) is 32.7 Å². The molecule has 0 aliphatic heterocycles. The summed E-state index contributed by atoms with van der Waals surface area (Å²) in [4.78, 5) is 0. The van der Waals surface area contributed by atoms with Crippen LogP contribution in [0.4, 0.5) is 0 Å². The van der Waals surface area contributed by atoms with Crippen molar-refractivity contribution in [2.75, 3.05) is 0 Å². The van der Waals surface area contributed by atoms with E-state index in [9.17, 15) is 0 Å². The number of hydrogen-bond acceptors (Lipinski definition) is 2. The highest BCUT2D eigenvalue weighted by atomic mass is 16.3. The summed E-state index contributed by atoms with van der Waals surface area (Å²) in [6.45, 7) is 0. The molecule has 2 nitrogen and oxygen atoms in total. The van der Waals surface area contributed by atoms with Crippen LogP contribution in [0, 0.1) is 0 Å². The molecule has 0 aliphatic carbocycles. The average Bonchev–Trinajstić information content (AvgIpc) is 4.12. The topological polar surface area (TPSA) is 26.3 Å². The van der Waals surface area contributed by atoms with E-state index in [2.05, 4.69) is 273 Å². The van der Waals surface area contributed by atoms with E-state index in [4.69, 9.17) is 8.83 Å². The van der Waals surface area contributed by atoms with Crippen molar-refractivity contribution in [2.45, 2.75) is 0 Å². The number of fused-ring (bicyclic) bond motifs is 16. The second-order valence-corrected chi connectivity index (χ2v) is 22.1. The predicted molar refractivity (Wildman–Crippen MR) is 348 cm³/mol. The monoisotopic (exact) mass is 1040 g/mol. The molecule has 0 spiro atoms. The smallest absolute Gasteiger partial charge is 0.143 e. The van der Waals surface area contributed by atoms with Crippen molar-refractivity contribution < 1.29 is 8.83 Å². The van der Waals surface area contributed by atoms with Gasteiger partial charge in [-0.3, -0.25) is 0 Å². The van der Waals surface area contributed by atoms with Gasteiger partial charge in [0.15, 0.2) is 0 Å². The van der Waals surface area contributed by atoms with Gasteiger partial charge in [-0.15, -0.1) is 0 Å². The molecule has 0 atom stereocenters. The zero-order valence-corrected chi connectivity index (χ0v) is 44.4. The van der Waals surface area contributed by atoms with Crippen LogP contribution in [0.15, 0.2) is 288 Å². The summed E-state index contributed by atoms with van der Waals surface area (Å²) in [5.41, 5.74) is 15.2. The van der Waals surface area contributed by atoms with Gasteiger partial charge in [0.2, 0.25) is 0 Å². The van der Waals surface area contributed by atoms with Gasteiger partial charge in [0.05, 0.1) is 0 Å². The molecule has 0 aliphatic rings. The van der Waals surface area contributed by atoms with Crippen molar-refractivity contribution in [3.63, 3.8) is 0 Å². The summed E-state index contributed by atoms with van der Waals surface area (Å²) < 4.78 is 13.6. The molecule has 2 heterocycles. The molecular formula is C80H46O2. The first-order chi connectivity index (χ1) is 40.7. The molecule has 2 aromatic heterocycles. The van der Waals surface area contributed by atoms with Gasteiger partial charge in [-0.25, -0.2) is 0 Å². The average molecular weight is 1040 g/mol. The molecule has 0 bridgehead atoms. The van der Waals surface area contributed by atoms with Gasteiger partial charge >= 0.3 is 0 Å². The molecule has 0 N–H and O–H groups in total. The Balaban J connectivity index is 0.962. The van der Waals surface area contributed by atoms with Crippen molar-refractivity contribution in [3.8, 4) is 55.6 Å². The molecule has 0 unspecified atom stereocenters. The maximum atomic E-state index is 6.95. The highest BCUT2D eigenvalue weighted by Gasteiger charge is 2.25. The highest BCUT2D eigenvalue weighted by Crippen LogP contribution is 2.52. The lowest BCUT2D eigenvalue weighted by atomic mass is 9.81. The number of rotatable bonds is 5. The van der Waals surface area contributed by atoms with Crippen molar-refractivity contribution in [1.82, 2.24) is 0 Å². The first-order valence-electron chi connectivity index (χ1n) is 28.3. The van der Waals surface area contributed by atoms with Gasteiger partial charge in [-0.1, -0.05) is 231 Å². The van der Waals surface area contributed by atoms with E-state index >= 15 is 0 Å². The molecule has 0 saturated carbocycles. The Kier molecular flexibility index (Phi) is 9.54. The van der Waals surface area contributed by atoms with Crippen LogP contribution in [0.1, 0.15) is 0 Å². The summed E-state index contributed by atoms with van der Waals surface area (Å²) in [5.74, 6) is 0. The van der Waals surface area contributed by atoms with Crippen molar-refractivity contribution in [1.29, 1.82) is 0 Å². The molecule has 2 heteroatoms. The first kappa shape index (κ1) is 45.1. The van der Waals surface area contributed by atoms with Crippen molar-refractivity contribution in [2.24, 2.45) is 0 Å². The molecular weight excluding hydrogens is 993 g/mol. The van der Waals surface area contributed by atoms with Crippen LogP contribution in [0.2, 0.25) is 0 Å². The van der Waals surface area contributed by atoms with E-state index in [1.54, 1.807) is 0 Å². The molecule has 82 heavy (non-hydrogen) atoms. The summed E-state index contributed by atoms with van der Waals surface area (Å²) in [6, 6.07) is 103. The number of furan rings is 2. The largest absolute Gasteiger partial charge is 0.456 e. The minimum atomic E-state index is 0.875. The quantitative estimate of drug-likeness (QED) is 0.127. The maximum absolute atomic E-state index is 6.95. The lowest BCUT2D eigenvalue weighted by Crippen LogP contribution is -1.94. The normalized spacial score (nSPS) is 12.1. The SMILES string of the molecule is c1ccc2c(c1)cc(-c1c3ccccc3c(-c3ccc4c(c3)oc3ccccc34)c3cc(-c4ccc5c(-c6cc7ccccc7c7ccccc67)c6ccccc6c(-c6cccc7c6oc6ccccc67)c5c4)ccc13)c1ccccc12. The van der Waals surface area contributed by atoms with E-state index in [0.29, 0.717) is 0 Å². The highest BCUT2D eigenvalue weighted by molar-refractivity contribution is 6.30. The fraction of sp³-hybridized carbons (Fsp3) is 0. The Morgan fingerprint density at radius 2 is 0.537 bits per heavy atom. The van der Waals surface area contributed by atoms with Crippen LogP contribution in [-0.2, 0) is 0 Å². The van der Waals surface area contributed by atoms with Crippen LogP contribution in [0.5, 0.6) is 0 Å². The molecule has 0 fully saturated rings. The van der Waals surface area contributed by atoms with E-state index in [-0.39, 0.29) is 0 Å². The third kappa shape index (κ3) is 6.52. The van der Waals surface area contributed by atoms with Crippen LogP contribution < -0.4 is 0 Å². The van der Waals surface area contributed by atoms with Crippen LogP contribution in [0.3, 0.4) is 0 Å². The maximum Gasteiger partial charge on any atom is 0.143 e. The Morgan fingerprint density at radius 3 is 1.10 bits per heavy atom. The van der Waals surface area contributed by atoms with Gasteiger partial charge in [0.1, 0.15) is 22.3 Å². The Labute approximate surface area is 470 Å². The van der Waals surface area contributed by atoms with Gasteiger partial charge in [-0.05, 0) is 179 Å². The summed E-state index contributed by atoms with van der Waals surface area (Å²) >= 11 is 0. The van der Waals surface area contributed by atoms with E-state index < -0.39 is 0 Å². The number of benzene rings is 16. The Morgan fingerprint density at radius 1 is 0.171 bits per heavy atom. The van der Waals surface area contributed by atoms with Gasteiger partial charge in [0.25, 0.3) is 0 Å². The minimum absolute atomic E-state index is 0.875. The zero-order valence-electron chi connectivity index (χ0n) is 44.4. The molecule has 0 radical (unpaired) electrons. The Hall–Kier alpha value is -10.8. The van der Waals surface area contributed by atoms with Crippen LogP contribution >= 0.6 is 0 Å². The molecule has 0 amide bonds. The van der Waals surface area contributed by atoms with Crippen LogP contribution in [-0.4, -0.2) is 0 Å². The third-order valence-electron chi connectivity index (χ3n) is 17.8. The lowest BCUT2D eigenvalue weighted by molar-refractivity contribution is 0.669. The van der Waals surface area contributed by atoms with Crippen LogP contribution in [0.25, 0.3) is 186 Å². The summed E-state index contributed by atoms with van der Waals surface area (Å²) in [5, 5.41) is 23.8. The molecule has 18 aromatic rings. The third-order valence-corrected chi connectivity index (χ3v) is 17.8. The standard InChI is InChI=1S/C80H46O2/c1-3-20-52-49(18-1)44-69(56-24-7-5-22-54(52)56)77-62-29-10-9-28-61(62)76(51-38-39-60-58-26-13-15-34-73(58)81-75(60)46-51)71-42-47(36-40-65(71)77)48-37-41-66-72(43-48)79(68-33-17-32-67-59-27-14-16-35-74(59)82-80(67)68)64-31-12-11-30-63(64)78(66)70-45-50-19-2-4-21-53(50)55-23-6-8-25-57(55)70/h1-46H. The van der Waals surface area contributed by atoms with E-state index in [1.807, 2.05) is 6.07 Å². The summed E-state index contributed by atoms with van der Waals surface area (Å²) in [7, 11) is 0. The predicted octanol–water partition coefficient (Wildman–Crippen LogP) is 23.0. The fourth-order valence-electron chi connectivity index (χ4n) is 14.2. The summed E-state index contributed by atoms with van der Waals surface area (Å²) in [6.07, 6.45) is 0. The zero-order chi connectivity index (χ0) is 53.6. The second kappa shape index (κ2) is 17.3. The van der Waals surface area contributed by atoms with E-state index in [1.165, 1.54) is 109 Å². The lowest BCUT2D eigenvalue weighted by Gasteiger charge is -2.21. The molecule has 378 valence electrons. The number of hydrogen-bond donors (Lipinski definition) is 0. The number of para-hydroxylation sites is 3. The molecule has 16 aromatic carbocycles. The van der Waals surface area contributed by atoms with Gasteiger partial charge < -0.3 is 8.83 Å². The van der Waals surface area contributed by atoms with Crippen molar-refractivity contribution in [3.05, 3.63) is 279 Å². The van der Waals surface area contributed by atoms with Crippen molar-refractivity contribution >= 4 is 130 Å². The second-order valence-electron chi connectivity index (χ2n) is 22.1. The Bertz CT molecular complexity index is 5770. The molecule has 0 saturated heterocycles. The fourth-order valence-corrected chi connectivity index (χ4v) is 14.2. The van der Waals surface area contributed by atoms with Gasteiger partial charge in [-0.2, -0.15) is 0 Å². The molecule has 18 rings (SSSR count). The van der Waals surface area contributed by atoms with E-state index in [0.717, 1.165) is 77.1 Å². The first-order valence-corrected chi connectivity index (χ1v) is 28.3.